The molecule has 1 unspecified atom stereocenters. The van der Waals surface area contributed by atoms with Crippen LogP contribution in [0.3, 0.4) is 0 Å². The zero-order valence-electron chi connectivity index (χ0n) is 5.71. The minimum Gasteiger partial charge on any atom is -0.388 e. The van der Waals surface area contributed by atoms with E-state index in [0.717, 1.165) is 19.3 Å². The largest absolute Gasteiger partial charge is 0.388 e. The monoisotopic (exact) mass is 154 g/mol. The van der Waals surface area contributed by atoms with Crippen LogP contribution < -0.4 is 0 Å². The fraction of sp³-hybridized carbons (Fsp3) is 0.500. The Morgan fingerprint density at radius 3 is 3.30 bits per heavy atom. The van der Waals surface area contributed by atoms with E-state index in [9.17, 15) is 5.11 Å². The van der Waals surface area contributed by atoms with Gasteiger partial charge in [0, 0.05) is 4.88 Å². The molecule has 0 saturated heterocycles. The second-order valence-corrected chi connectivity index (χ2v) is 3.67. The van der Waals surface area contributed by atoms with Gasteiger partial charge in [-0.25, -0.2) is 0 Å². The molecule has 54 valence electrons. The molecule has 0 saturated carbocycles. The molecule has 0 radical (unpaired) electrons. The fourth-order valence-corrected chi connectivity index (χ4v) is 2.44. The van der Waals surface area contributed by atoms with Crippen molar-refractivity contribution < 1.29 is 5.11 Å². The first kappa shape index (κ1) is 6.38. The second-order valence-electron chi connectivity index (χ2n) is 2.72. The Bertz CT molecular complexity index is 229. The van der Waals surface area contributed by atoms with Crippen LogP contribution in [0.25, 0.3) is 0 Å². The highest BCUT2D eigenvalue weighted by atomic mass is 32.1. The van der Waals surface area contributed by atoms with Crippen LogP contribution in [-0.2, 0) is 6.42 Å². The zero-order chi connectivity index (χ0) is 6.97. The molecule has 0 amide bonds. The van der Waals surface area contributed by atoms with E-state index in [-0.39, 0.29) is 6.10 Å². The third-order valence-electron chi connectivity index (χ3n) is 2.01. The van der Waals surface area contributed by atoms with Gasteiger partial charge in [-0.05, 0) is 36.3 Å². The Morgan fingerprint density at radius 1 is 1.60 bits per heavy atom. The second kappa shape index (κ2) is 2.36. The van der Waals surface area contributed by atoms with Crippen molar-refractivity contribution in [2.24, 2.45) is 0 Å². The molecule has 1 nitrogen and oxygen atoms in total. The predicted octanol–water partition coefficient (Wildman–Crippen LogP) is 2.12. The van der Waals surface area contributed by atoms with Crippen molar-refractivity contribution in [2.75, 3.05) is 0 Å². The fourth-order valence-electron chi connectivity index (χ4n) is 1.46. The molecule has 0 bridgehead atoms. The molecule has 1 N–H and O–H groups in total. The maximum absolute atomic E-state index is 9.46. The predicted molar refractivity (Wildman–Crippen MR) is 42.2 cm³/mol. The minimum atomic E-state index is -0.163. The summed E-state index contributed by atoms with van der Waals surface area (Å²) in [5.41, 5.74) is 1.36. The number of aryl methyl sites for hydroxylation is 1. The first-order chi connectivity index (χ1) is 4.88. The average molecular weight is 154 g/mol. The lowest BCUT2D eigenvalue weighted by Gasteiger charge is -2.16. The van der Waals surface area contributed by atoms with Crippen LogP contribution in [0, 0.1) is 0 Å². The van der Waals surface area contributed by atoms with Gasteiger partial charge in [-0.2, -0.15) is 0 Å². The molecule has 0 aliphatic heterocycles. The van der Waals surface area contributed by atoms with E-state index in [1.807, 2.05) is 0 Å². The molecule has 0 spiro atoms. The first-order valence-corrected chi connectivity index (χ1v) is 4.50. The lowest BCUT2D eigenvalue weighted by Crippen LogP contribution is -2.04. The molecule has 1 aromatic heterocycles. The van der Waals surface area contributed by atoms with Crippen molar-refractivity contribution in [3.8, 4) is 0 Å². The Hall–Kier alpha value is -0.340. The Balaban J connectivity index is 2.41. The molecule has 10 heavy (non-hydrogen) atoms. The van der Waals surface area contributed by atoms with Gasteiger partial charge < -0.3 is 5.11 Å². The van der Waals surface area contributed by atoms with Crippen molar-refractivity contribution in [2.45, 2.75) is 25.4 Å². The summed E-state index contributed by atoms with van der Waals surface area (Å²) in [5, 5.41) is 11.5. The van der Waals surface area contributed by atoms with Gasteiger partial charge in [0.05, 0.1) is 6.10 Å². The maximum atomic E-state index is 9.46. The molecule has 2 heteroatoms. The number of fused-ring (bicyclic) bond motifs is 1. The Morgan fingerprint density at radius 2 is 2.50 bits per heavy atom. The lowest BCUT2D eigenvalue weighted by molar-refractivity contribution is 0.161. The van der Waals surface area contributed by atoms with Gasteiger partial charge in [0.15, 0.2) is 0 Å². The SMILES string of the molecule is OC1CCCc2ccsc21. The molecule has 1 heterocycles. The van der Waals surface area contributed by atoms with Gasteiger partial charge in [0.1, 0.15) is 0 Å². The summed E-state index contributed by atoms with van der Waals surface area (Å²) in [7, 11) is 0. The number of rotatable bonds is 0. The third kappa shape index (κ3) is 0.879. The Labute approximate surface area is 64.3 Å². The highest BCUT2D eigenvalue weighted by Gasteiger charge is 2.18. The number of aliphatic hydroxyl groups is 1. The van der Waals surface area contributed by atoms with E-state index in [1.54, 1.807) is 11.3 Å². The first-order valence-electron chi connectivity index (χ1n) is 3.62. The van der Waals surface area contributed by atoms with Gasteiger partial charge in [0.2, 0.25) is 0 Å². The molecule has 1 atom stereocenters. The van der Waals surface area contributed by atoms with Crippen molar-refractivity contribution in [3.05, 3.63) is 21.9 Å². The van der Waals surface area contributed by atoms with Crippen molar-refractivity contribution >= 4 is 11.3 Å². The van der Waals surface area contributed by atoms with E-state index in [0.29, 0.717) is 0 Å². The summed E-state index contributed by atoms with van der Waals surface area (Å²) in [5.74, 6) is 0. The van der Waals surface area contributed by atoms with Gasteiger partial charge in [-0.3, -0.25) is 0 Å². The van der Waals surface area contributed by atoms with Crippen LogP contribution in [0.5, 0.6) is 0 Å². The summed E-state index contributed by atoms with van der Waals surface area (Å²) < 4.78 is 0. The van der Waals surface area contributed by atoms with Crippen LogP contribution in [-0.4, -0.2) is 5.11 Å². The molecule has 1 aliphatic carbocycles. The molecule has 1 aromatic rings. The third-order valence-corrected chi connectivity index (χ3v) is 3.07. The number of thiophene rings is 1. The normalized spacial score (nSPS) is 24.3. The molecule has 2 rings (SSSR count). The van der Waals surface area contributed by atoms with E-state index < -0.39 is 0 Å². The van der Waals surface area contributed by atoms with E-state index in [2.05, 4.69) is 11.4 Å². The molecule has 0 fully saturated rings. The summed E-state index contributed by atoms with van der Waals surface area (Å²) >= 11 is 1.68. The van der Waals surface area contributed by atoms with Crippen molar-refractivity contribution in [3.63, 3.8) is 0 Å². The molecular weight excluding hydrogens is 144 g/mol. The topological polar surface area (TPSA) is 20.2 Å². The molecule has 0 aromatic carbocycles. The summed E-state index contributed by atoms with van der Waals surface area (Å²) in [4.78, 5) is 1.20. The highest BCUT2D eigenvalue weighted by Crippen LogP contribution is 2.33. The highest BCUT2D eigenvalue weighted by molar-refractivity contribution is 7.10. The van der Waals surface area contributed by atoms with Crippen LogP contribution in [0.2, 0.25) is 0 Å². The number of hydrogen-bond donors (Lipinski definition) is 1. The van der Waals surface area contributed by atoms with E-state index in [1.165, 1.54) is 10.4 Å². The van der Waals surface area contributed by atoms with Crippen molar-refractivity contribution in [1.29, 1.82) is 0 Å². The van der Waals surface area contributed by atoms with Crippen molar-refractivity contribution in [1.82, 2.24) is 0 Å². The number of hydrogen-bond acceptors (Lipinski definition) is 2. The summed E-state index contributed by atoms with van der Waals surface area (Å²) in [6.07, 6.45) is 3.10. The van der Waals surface area contributed by atoms with Gasteiger partial charge in [-0.15, -0.1) is 11.3 Å². The van der Waals surface area contributed by atoms with Gasteiger partial charge in [0.25, 0.3) is 0 Å². The number of aliphatic hydroxyl groups excluding tert-OH is 1. The lowest BCUT2D eigenvalue weighted by atomic mass is 9.97. The minimum absolute atomic E-state index is 0.163. The molecule has 1 aliphatic rings. The van der Waals surface area contributed by atoms with E-state index in [4.69, 9.17) is 0 Å². The van der Waals surface area contributed by atoms with Gasteiger partial charge in [-0.1, -0.05) is 0 Å². The van der Waals surface area contributed by atoms with Crippen LogP contribution >= 0.6 is 11.3 Å². The molecular formula is C8H10OS. The quantitative estimate of drug-likeness (QED) is 0.607. The summed E-state index contributed by atoms with van der Waals surface area (Å²) in [6.45, 7) is 0. The zero-order valence-corrected chi connectivity index (χ0v) is 6.53. The van der Waals surface area contributed by atoms with Gasteiger partial charge >= 0.3 is 0 Å². The maximum Gasteiger partial charge on any atom is 0.0884 e. The summed E-state index contributed by atoms with van der Waals surface area (Å²) in [6, 6.07) is 2.13. The smallest absolute Gasteiger partial charge is 0.0884 e. The van der Waals surface area contributed by atoms with Crippen LogP contribution in [0.15, 0.2) is 11.4 Å². The van der Waals surface area contributed by atoms with Crippen LogP contribution in [0.1, 0.15) is 29.4 Å². The van der Waals surface area contributed by atoms with Crippen LogP contribution in [0.4, 0.5) is 0 Å². The van der Waals surface area contributed by atoms with E-state index >= 15 is 0 Å². The standard InChI is InChI=1S/C8H10OS/c9-7-3-1-2-6-4-5-10-8(6)7/h4-5,7,9H,1-3H2. The Kier molecular flexibility index (Phi) is 1.51. The average Bonchev–Trinajstić information content (AvgIpc) is 2.36.